The lowest BCUT2D eigenvalue weighted by atomic mass is 9.91. The first-order valence-corrected chi connectivity index (χ1v) is 17.3. The van der Waals surface area contributed by atoms with Gasteiger partial charge in [-0.1, -0.05) is 89.4 Å². The van der Waals surface area contributed by atoms with E-state index in [1.165, 1.54) is 19.1 Å². The summed E-state index contributed by atoms with van der Waals surface area (Å²) in [6.45, 7) is 4.12. The summed E-state index contributed by atoms with van der Waals surface area (Å²) in [5, 5.41) is 13.0. The molecule has 3 atom stereocenters. The van der Waals surface area contributed by atoms with Gasteiger partial charge in [-0.25, -0.2) is 23.0 Å². The van der Waals surface area contributed by atoms with Gasteiger partial charge in [-0.3, -0.25) is 20.0 Å². The Morgan fingerprint density at radius 1 is 1.10 bits per heavy atom. The number of carboxylic acid groups (broad SMARTS) is 1. The Hall–Kier alpha value is -3.92. The second-order valence-electron chi connectivity index (χ2n) is 10.8. The molecule has 3 amide bonds. The van der Waals surface area contributed by atoms with Crippen molar-refractivity contribution in [1.82, 2.24) is 25.0 Å². The van der Waals surface area contributed by atoms with E-state index in [9.17, 15) is 32.7 Å². The molecule has 1 aliphatic heterocycles. The molecule has 260 valence electrons. The van der Waals surface area contributed by atoms with E-state index in [1.807, 2.05) is 0 Å². The van der Waals surface area contributed by atoms with Crippen molar-refractivity contribution in [2.75, 3.05) is 13.2 Å². The Morgan fingerprint density at radius 3 is 2.29 bits per heavy atom. The monoisotopic (exact) mass is 771 g/mol. The van der Waals surface area contributed by atoms with Crippen molar-refractivity contribution in [1.29, 1.82) is 0 Å². The number of carbonyl (C=O) groups excluding carboxylic acids is 3. The minimum absolute atomic E-state index is 0.0187. The van der Waals surface area contributed by atoms with Crippen LogP contribution in [0.5, 0.6) is 0 Å². The van der Waals surface area contributed by atoms with Crippen molar-refractivity contribution in [3.8, 4) is 0 Å². The molecule has 1 unspecified atom stereocenters. The number of pyridine rings is 1. The maximum absolute atomic E-state index is 15.0. The van der Waals surface area contributed by atoms with Crippen LogP contribution in [-0.2, 0) is 30.8 Å². The molecule has 0 aliphatic carbocycles. The second kappa shape index (κ2) is 15.7. The lowest BCUT2D eigenvalue weighted by molar-refractivity contribution is -0.157. The third-order valence-corrected chi connectivity index (χ3v) is 10.7. The van der Waals surface area contributed by atoms with Gasteiger partial charge in [0.2, 0.25) is 10.0 Å². The van der Waals surface area contributed by atoms with E-state index in [2.05, 4.69) is 22.3 Å². The zero-order chi connectivity index (χ0) is 36.1. The molecule has 1 aromatic heterocycles. The number of sulfonamides is 1. The number of halogens is 4. The van der Waals surface area contributed by atoms with Crippen LogP contribution in [0, 0.1) is 0 Å². The topological polar surface area (TPSA) is 175 Å². The summed E-state index contributed by atoms with van der Waals surface area (Å²) in [7, 11) is -4.66. The van der Waals surface area contributed by atoms with Crippen molar-refractivity contribution in [3.05, 3.63) is 105 Å². The summed E-state index contributed by atoms with van der Waals surface area (Å²) in [6.07, 6.45) is 2.03. The van der Waals surface area contributed by atoms with Crippen LogP contribution in [0.15, 0.2) is 78.5 Å². The number of benzene rings is 2. The lowest BCUT2D eigenvalue weighted by Crippen LogP contribution is -2.69. The van der Waals surface area contributed by atoms with Gasteiger partial charge in [-0.2, -0.15) is 4.31 Å². The molecule has 0 radical (unpaired) electrons. The zero-order valence-corrected chi connectivity index (χ0v) is 29.4. The molecule has 4 rings (SSSR count). The minimum Gasteiger partial charge on any atom is -0.480 e. The van der Waals surface area contributed by atoms with Gasteiger partial charge in [0, 0.05) is 35.4 Å². The van der Waals surface area contributed by atoms with Crippen LogP contribution < -0.4 is 10.7 Å². The van der Waals surface area contributed by atoms with Crippen molar-refractivity contribution in [3.63, 3.8) is 0 Å². The summed E-state index contributed by atoms with van der Waals surface area (Å²) < 4.78 is 34.3. The van der Waals surface area contributed by atoms with E-state index in [4.69, 9.17) is 51.1 Å². The molecular weight excluding hydrogens is 744 g/mol. The number of carbonyl (C=O) groups is 4. The molecule has 1 fully saturated rings. The Labute approximate surface area is 301 Å². The maximum atomic E-state index is 15.0. The average molecular weight is 773 g/mol. The number of rotatable bonds is 11. The van der Waals surface area contributed by atoms with Crippen LogP contribution in [0.1, 0.15) is 29.3 Å². The normalized spacial score (nSPS) is 18.3. The van der Waals surface area contributed by atoms with Gasteiger partial charge < -0.3 is 15.2 Å². The Balaban J connectivity index is 1.90. The third-order valence-electron chi connectivity index (χ3n) is 7.69. The summed E-state index contributed by atoms with van der Waals surface area (Å²) in [5.41, 5.74) is 0.124. The van der Waals surface area contributed by atoms with Crippen LogP contribution in [0.3, 0.4) is 0 Å². The van der Waals surface area contributed by atoms with Gasteiger partial charge >= 0.3 is 12.1 Å². The number of hydrogen-bond acceptors (Lipinski definition) is 8. The van der Waals surface area contributed by atoms with Crippen molar-refractivity contribution >= 4 is 80.3 Å². The molecule has 13 nitrogen and oxygen atoms in total. The Kier molecular flexibility index (Phi) is 12.2. The van der Waals surface area contributed by atoms with Gasteiger partial charge in [0.25, 0.3) is 11.8 Å². The van der Waals surface area contributed by atoms with Crippen LogP contribution in [0.25, 0.3) is 0 Å². The fraction of sp³-hybridized carbons (Fsp3) is 0.258. The van der Waals surface area contributed by atoms with E-state index >= 15 is 0 Å². The highest BCUT2D eigenvalue weighted by molar-refractivity contribution is 7.89. The number of hydrogen-bond donors (Lipinski definition) is 3. The van der Waals surface area contributed by atoms with Gasteiger partial charge in [0.05, 0.1) is 26.5 Å². The van der Waals surface area contributed by atoms with E-state index in [0.717, 1.165) is 28.8 Å². The molecule has 1 saturated heterocycles. The smallest absolute Gasteiger partial charge is 0.407 e. The van der Waals surface area contributed by atoms with E-state index < -0.39 is 51.5 Å². The summed E-state index contributed by atoms with van der Waals surface area (Å²) in [6, 6.07) is 8.61. The predicted octanol–water partition coefficient (Wildman–Crippen LogP) is 5.00. The molecule has 3 aromatic rings. The van der Waals surface area contributed by atoms with E-state index in [1.54, 1.807) is 30.3 Å². The Morgan fingerprint density at radius 2 is 1.71 bits per heavy atom. The summed E-state index contributed by atoms with van der Waals surface area (Å²) in [5.74, 6) is -3.89. The van der Waals surface area contributed by atoms with Gasteiger partial charge in [0.1, 0.15) is 12.1 Å². The van der Waals surface area contributed by atoms with E-state index in [-0.39, 0.29) is 56.5 Å². The highest BCUT2D eigenvalue weighted by Crippen LogP contribution is 2.38. The van der Waals surface area contributed by atoms with Crippen LogP contribution >= 0.6 is 46.4 Å². The SMILES string of the molecule is C=CCOC(=O)N[C@H]1CCN(S(=O)(=O)c2cc(Cl)cc(Cl)c2)C1(C)C(=O)N(NC(=O)c1c(Cl)cncc1Cl)[C@@H](Cc1ccccc1)C(=O)O. The highest BCUT2D eigenvalue weighted by Gasteiger charge is 2.59. The molecule has 3 N–H and O–H groups in total. The molecule has 0 bridgehead atoms. The number of nitrogens with zero attached hydrogens (tertiary/aromatic N) is 3. The van der Waals surface area contributed by atoms with E-state index in [0.29, 0.717) is 10.6 Å². The minimum atomic E-state index is -4.66. The van der Waals surface area contributed by atoms with Crippen LogP contribution in [0.2, 0.25) is 20.1 Å². The molecule has 2 aromatic carbocycles. The number of aliphatic carboxylic acids is 1. The van der Waals surface area contributed by atoms with Gasteiger partial charge in [-0.15, -0.1) is 0 Å². The van der Waals surface area contributed by atoms with Crippen molar-refractivity contribution < 1.29 is 37.4 Å². The second-order valence-corrected chi connectivity index (χ2v) is 14.4. The number of amides is 3. The standard InChI is InChI=1S/C31H29Cl4N5O8S/c1-3-11-48-30(45)37-25-9-10-39(49(46,47)21-14-19(32)13-20(33)15-21)31(25,2)29(44)40(24(28(42)43)12-18-7-5-4-6-8-18)38-27(41)26-22(34)16-36-17-23(26)35/h3-8,13-17,24-25H,1,9-12H2,2H3,(H,37,45)(H,38,41)(H,42,43)/t24-,25-,31?/m0/s1. The maximum Gasteiger partial charge on any atom is 0.407 e. The Bertz CT molecular complexity index is 1840. The molecule has 2 heterocycles. The van der Waals surface area contributed by atoms with Gasteiger partial charge in [-0.05, 0) is 37.1 Å². The average Bonchev–Trinajstić information content (AvgIpc) is 3.38. The number of ether oxygens (including phenoxy) is 1. The van der Waals surface area contributed by atoms with Crippen molar-refractivity contribution in [2.24, 2.45) is 0 Å². The highest BCUT2D eigenvalue weighted by atomic mass is 35.5. The predicted molar refractivity (Wildman–Crippen MR) is 182 cm³/mol. The number of carboxylic acids is 1. The summed E-state index contributed by atoms with van der Waals surface area (Å²) >= 11 is 24.7. The molecular formula is C31H29Cl4N5O8S. The molecule has 0 spiro atoms. The fourth-order valence-electron chi connectivity index (χ4n) is 5.33. The quantitative estimate of drug-likeness (QED) is 0.179. The molecule has 1 aliphatic rings. The number of hydrazine groups is 1. The number of nitrogens with one attached hydrogen (secondary N) is 2. The fourth-order valence-corrected chi connectivity index (χ4v) is 8.38. The number of aromatic nitrogens is 1. The summed E-state index contributed by atoms with van der Waals surface area (Å²) in [4.78, 5) is 57.8. The lowest BCUT2D eigenvalue weighted by Gasteiger charge is -2.42. The first kappa shape index (κ1) is 37.9. The zero-order valence-electron chi connectivity index (χ0n) is 25.6. The first-order valence-electron chi connectivity index (χ1n) is 14.3. The molecule has 18 heteroatoms. The molecule has 0 saturated carbocycles. The number of alkyl carbamates (subject to hydrolysis) is 1. The largest absolute Gasteiger partial charge is 0.480 e. The first-order chi connectivity index (χ1) is 23.1. The third kappa shape index (κ3) is 8.28. The van der Waals surface area contributed by atoms with Crippen LogP contribution in [0.4, 0.5) is 4.79 Å². The van der Waals surface area contributed by atoms with Gasteiger partial charge in [0.15, 0.2) is 6.04 Å². The van der Waals surface area contributed by atoms with Crippen molar-refractivity contribution in [2.45, 2.75) is 42.3 Å². The van der Waals surface area contributed by atoms with Crippen LogP contribution in [-0.4, -0.2) is 82.5 Å². The molecule has 49 heavy (non-hydrogen) atoms.